The highest BCUT2D eigenvalue weighted by Gasteiger charge is 2.67. The van der Waals surface area contributed by atoms with Crippen molar-refractivity contribution in [3.05, 3.63) is 23.8 Å². The van der Waals surface area contributed by atoms with Crippen molar-refractivity contribution in [2.24, 2.45) is 29.1 Å². The van der Waals surface area contributed by atoms with Gasteiger partial charge < -0.3 is 0 Å². The van der Waals surface area contributed by atoms with Gasteiger partial charge in [0.15, 0.2) is 0 Å². The zero-order valence-electron chi connectivity index (χ0n) is 8.87. The van der Waals surface area contributed by atoms with Crippen LogP contribution < -0.4 is 0 Å². The van der Waals surface area contributed by atoms with Crippen LogP contribution in [0.4, 0.5) is 0 Å². The van der Waals surface area contributed by atoms with Gasteiger partial charge in [-0.3, -0.25) is 0 Å². The highest BCUT2D eigenvalue weighted by atomic mass is 14.7. The maximum absolute atomic E-state index is 2.54. The van der Waals surface area contributed by atoms with Gasteiger partial charge in [0.2, 0.25) is 0 Å². The number of rotatable bonds is 0. The zero-order chi connectivity index (χ0) is 9.34. The Morgan fingerprint density at radius 1 is 1.43 bits per heavy atom. The van der Waals surface area contributed by atoms with Crippen LogP contribution in [0, 0.1) is 29.1 Å². The molecule has 0 heteroatoms. The highest BCUT2D eigenvalue weighted by Crippen LogP contribution is 2.75. The third kappa shape index (κ3) is 0.610. The molecule has 0 radical (unpaired) electrons. The van der Waals surface area contributed by atoms with E-state index in [-0.39, 0.29) is 0 Å². The standard InChI is InChI=1S/C14H18/c1-2-9-5-6-14-8-12(9)13(14)10-3-4-11(14)7-10/h2-4,10-13H,5-8H2,1H3. The summed E-state index contributed by atoms with van der Waals surface area (Å²) in [5.74, 6) is 4.01. The Labute approximate surface area is 86.1 Å². The molecule has 5 aliphatic rings. The fourth-order valence-electron chi connectivity index (χ4n) is 5.19. The average Bonchev–Trinajstić information content (AvgIpc) is 2.73. The van der Waals surface area contributed by atoms with Crippen LogP contribution in [0.1, 0.15) is 32.6 Å². The van der Waals surface area contributed by atoms with E-state index in [0.717, 1.165) is 29.1 Å². The molecule has 0 amide bonds. The van der Waals surface area contributed by atoms with Crippen molar-refractivity contribution in [3.8, 4) is 0 Å². The Balaban J connectivity index is 1.80. The fourth-order valence-corrected chi connectivity index (χ4v) is 5.19. The summed E-state index contributed by atoms with van der Waals surface area (Å²) in [7, 11) is 0. The van der Waals surface area contributed by atoms with Crippen molar-refractivity contribution in [1.82, 2.24) is 0 Å². The molecule has 0 aromatic heterocycles. The van der Waals surface area contributed by atoms with Gasteiger partial charge in [-0.15, -0.1) is 0 Å². The molecule has 0 aromatic rings. The lowest BCUT2D eigenvalue weighted by atomic mass is 9.43. The summed E-state index contributed by atoms with van der Waals surface area (Å²) >= 11 is 0. The minimum Gasteiger partial charge on any atom is -0.0882 e. The van der Waals surface area contributed by atoms with E-state index < -0.39 is 0 Å². The molecule has 0 heterocycles. The maximum atomic E-state index is 2.54. The summed E-state index contributed by atoms with van der Waals surface area (Å²) in [6, 6.07) is 0. The second-order valence-corrected chi connectivity index (χ2v) is 5.82. The smallest absolute Gasteiger partial charge is 0.0158 e. The first-order valence-electron chi connectivity index (χ1n) is 6.18. The zero-order valence-corrected chi connectivity index (χ0v) is 8.87. The van der Waals surface area contributed by atoms with Crippen LogP contribution in [0.3, 0.4) is 0 Å². The molecule has 0 aliphatic heterocycles. The third-order valence-corrected chi connectivity index (χ3v) is 5.74. The molecule has 0 aromatic carbocycles. The molecule has 0 saturated heterocycles. The van der Waals surface area contributed by atoms with Crippen LogP contribution >= 0.6 is 0 Å². The second kappa shape index (κ2) is 2.18. The van der Waals surface area contributed by atoms with Crippen molar-refractivity contribution < 1.29 is 0 Å². The summed E-state index contributed by atoms with van der Waals surface area (Å²) in [4.78, 5) is 0. The molecule has 74 valence electrons. The topological polar surface area (TPSA) is 0 Å². The Hall–Kier alpha value is -0.520. The highest BCUT2D eigenvalue weighted by molar-refractivity contribution is 5.33. The van der Waals surface area contributed by atoms with Crippen molar-refractivity contribution in [1.29, 1.82) is 0 Å². The minimum atomic E-state index is 0.802. The van der Waals surface area contributed by atoms with Gasteiger partial charge in [0.05, 0.1) is 0 Å². The minimum absolute atomic E-state index is 0.802. The summed E-state index contributed by atoms with van der Waals surface area (Å²) in [6.07, 6.45) is 13.4. The molecule has 5 rings (SSSR count). The summed E-state index contributed by atoms with van der Waals surface area (Å²) in [5.41, 5.74) is 2.59. The molecule has 4 bridgehead atoms. The van der Waals surface area contributed by atoms with Crippen LogP contribution in [0.2, 0.25) is 0 Å². The van der Waals surface area contributed by atoms with Crippen molar-refractivity contribution in [2.75, 3.05) is 0 Å². The lowest BCUT2D eigenvalue weighted by molar-refractivity contribution is -0.0673. The van der Waals surface area contributed by atoms with E-state index in [1.54, 1.807) is 5.57 Å². The van der Waals surface area contributed by atoms with Gasteiger partial charge in [-0.2, -0.15) is 0 Å². The van der Waals surface area contributed by atoms with E-state index in [1.807, 2.05) is 0 Å². The van der Waals surface area contributed by atoms with Gasteiger partial charge in [0, 0.05) is 0 Å². The monoisotopic (exact) mass is 186 g/mol. The first-order valence-corrected chi connectivity index (χ1v) is 6.18. The van der Waals surface area contributed by atoms with E-state index in [0.29, 0.717) is 0 Å². The van der Waals surface area contributed by atoms with Crippen LogP contribution in [-0.4, -0.2) is 0 Å². The van der Waals surface area contributed by atoms with Gasteiger partial charge in [-0.05, 0) is 61.7 Å². The molecule has 14 heavy (non-hydrogen) atoms. The Kier molecular flexibility index (Phi) is 1.20. The Morgan fingerprint density at radius 2 is 2.36 bits per heavy atom. The van der Waals surface area contributed by atoms with E-state index in [9.17, 15) is 0 Å². The molecule has 1 spiro atoms. The molecular formula is C14H18. The number of fused-ring (bicyclic) bond motifs is 4. The van der Waals surface area contributed by atoms with E-state index in [1.165, 1.54) is 25.7 Å². The molecule has 4 saturated carbocycles. The Morgan fingerprint density at radius 3 is 3.14 bits per heavy atom. The van der Waals surface area contributed by atoms with E-state index in [4.69, 9.17) is 0 Å². The lowest BCUT2D eigenvalue weighted by Crippen LogP contribution is -2.54. The molecule has 5 unspecified atom stereocenters. The number of allylic oxidation sites excluding steroid dienone is 4. The van der Waals surface area contributed by atoms with E-state index in [2.05, 4.69) is 25.2 Å². The lowest BCUT2D eigenvalue weighted by Gasteiger charge is -2.61. The first-order chi connectivity index (χ1) is 6.85. The normalized spacial score (nSPS) is 60.2. The van der Waals surface area contributed by atoms with Crippen LogP contribution in [-0.2, 0) is 0 Å². The molecule has 0 N–H and O–H groups in total. The van der Waals surface area contributed by atoms with Crippen LogP contribution in [0.5, 0.6) is 0 Å². The molecular weight excluding hydrogens is 168 g/mol. The first kappa shape index (κ1) is 7.73. The largest absolute Gasteiger partial charge is 0.0882 e. The summed E-state index contributed by atoms with van der Waals surface area (Å²) < 4.78 is 0. The number of hydrogen-bond acceptors (Lipinski definition) is 0. The van der Waals surface area contributed by atoms with Crippen molar-refractivity contribution >= 4 is 0 Å². The number of hydrogen-bond donors (Lipinski definition) is 0. The fraction of sp³-hybridized carbons (Fsp3) is 0.714. The SMILES string of the molecule is CC=C1CCC23CC1C2C1C=CC3C1. The summed E-state index contributed by atoms with van der Waals surface area (Å²) in [6.45, 7) is 2.24. The van der Waals surface area contributed by atoms with Gasteiger partial charge in [0.1, 0.15) is 0 Å². The average molecular weight is 186 g/mol. The van der Waals surface area contributed by atoms with Crippen molar-refractivity contribution in [3.63, 3.8) is 0 Å². The maximum Gasteiger partial charge on any atom is -0.0158 e. The van der Waals surface area contributed by atoms with E-state index >= 15 is 0 Å². The molecule has 5 aliphatic carbocycles. The van der Waals surface area contributed by atoms with Crippen LogP contribution in [0.25, 0.3) is 0 Å². The third-order valence-electron chi connectivity index (χ3n) is 5.74. The molecule has 0 nitrogen and oxygen atoms in total. The van der Waals surface area contributed by atoms with Gasteiger partial charge >= 0.3 is 0 Å². The van der Waals surface area contributed by atoms with Crippen LogP contribution in [0.15, 0.2) is 23.8 Å². The quantitative estimate of drug-likeness (QED) is 0.507. The van der Waals surface area contributed by atoms with Gasteiger partial charge in [-0.1, -0.05) is 23.8 Å². The predicted molar refractivity (Wildman–Crippen MR) is 57.8 cm³/mol. The van der Waals surface area contributed by atoms with Gasteiger partial charge in [0.25, 0.3) is 0 Å². The summed E-state index contributed by atoms with van der Waals surface area (Å²) in [5, 5.41) is 0. The van der Waals surface area contributed by atoms with Crippen molar-refractivity contribution in [2.45, 2.75) is 32.6 Å². The predicted octanol–water partition coefficient (Wildman–Crippen LogP) is 3.55. The second-order valence-electron chi connectivity index (χ2n) is 5.82. The Bertz CT molecular complexity index is 345. The molecule has 5 atom stereocenters. The molecule has 4 fully saturated rings. The van der Waals surface area contributed by atoms with Gasteiger partial charge in [-0.25, -0.2) is 0 Å².